The Labute approximate surface area is 153 Å². The molecule has 0 unspecified atom stereocenters. The molecule has 1 saturated heterocycles. The highest BCUT2D eigenvalue weighted by atomic mass is 35.5. The number of nitrogens with zero attached hydrogens (tertiary/aromatic N) is 2. The molecule has 0 N–H and O–H groups in total. The minimum absolute atomic E-state index is 0.221. The topological polar surface area (TPSA) is 59.5 Å². The first-order valence-electron chi connectivity index (χ1n) is 8.05. The van der Waals surface area contributed by atoms with Crippen LogP contribution in [-0.2, 0) is 20.1 Å². The van der Waals surface area contributed by atoms with Crippen LogP contribution in [0.4, 0.5) is 5.82 Å². The van der Waals surface area contributed by atoms with Crippen LogP contribution in [-0.4, -0.2) is 39.9 Å². The van der Waals surface area contributed by atoms with Crippen molar-refractivity contribution >= 4 is 27.3 Å². The highest BCUT2D eigenvalue weighted by Gasteiger charge is 2.44. The molecule has 0 saturated carbocycles. The summed E-state index contributed by atoms with van der Waals surface area (Å²) in [5.74, 6) is 0.845. The fourth-order valence-corrected chi connectivity index (χ4v) is 4.53. The molecule has 0 spiro atoms. The Morgan fingerprint density at radius 3 is 2.76 bits per heavy atom. The molecule has 134 valence electrons. The predicted molar refractivity (Wildman–Crippen MR) is 98.9 cm³/mol. The average molecular weight is 381 g/mol. The first-order chi connectivity index (χ1) is 11.9. The summed E-state index contributed by atoms with van der Waals surface area (Å²) in [4.78, 5) is 6.89. The molecular weight excluding hydrogens is 360 g/mol. The van der Waals surface area contributed by atoms with E-state index in [4.69, 9.17) is 16.3 Å². The van der Waals surface area contributed by atoms with Crippen molar-refractivity contribution < 1.29 is 13.2 Å². The number of sulfone groups is 1. The predicted octanol–water partition coefficient (Wildman–Crippen LogP) is 3.28. The summed E-state index contributed by atoms with van der Waals surface area (Å²) in [6.07, 6.45) is 4.74. The average Bonchev–Trinajstić information content (AvgIpc) is 2.99. The van der Waals surface area contributed by atoms with E-state index in [1.165, 1.54) is 12.3 Å². The molecule has 1 atom stereocenters. The monoisotopic (exact) mass is 380 g/mol. The highest BCUT2D eigenvalue weighted by molar-refractivity contribution is 7.90. The Hall–Kier alpha value is -1.63. The molecule has 0 radical (unpaired) electrons. The van der Waals surface area contributed by atoms with Gasteiger partial charge in [-0.05, 0) is 48.7 Å². The fraction of sp³-hybridized carbons (Fsp3) is 0.389. The van der Waals surface area contributed by atoms with E-state index in [2.05, 4.69) is 9.88 Å². The van der Waals surface area contributed by atoms with Gasteiger partial charge in [-0.25, -0.2) is 13.4 Å². The van der Waals surface area contributed by atoms with E-state index in [-0.39, 0.29) is 4.90 Å². The Balaban J connectivity index is 2.17. The first-order valence-corrected chi connectivity index (χ1v) is 10.3. The van der Waals surface area contributed by atoms with Gasteiger partial charge in [0.15, 0.2) is 9.84 Å². The molecule has 5 nitrogen and oxygen atoms in total. The lowest BCUT2D eigenvalue weighted by Crippen LogP contribution is -2.45. The zero-order valence-electron chi connectivity index (χ0n) is 14.3. The number of hydrogen-bond acceptors (Lipinski definition) is 5. The third-order valence-electron chi connectivity index (χ3n) is 4.63. The summed E-state index contributed by atoms with van der Waals surface area (Å²) in [6.45, 7) is 1.24. The minimum Gasteiger partial charge on any atom is -0.382 e. The zero-order valence-corrected chi connectivity index (χ0v) is 15.8. The smallest absolute Gasteiger partial charge is 0.175 e. The fourth-order valence-electron chi connectivity index (χ4n) is 3.54. The van der Waals surface area contributed by atoms with Crippen molar-refractivity contribution in [2.45, 2.75) is 23.3 Å². The van der Waals surface area contributed by atoms with Crippen molar-refractivity contribution in [2.75, 3.05) is 31.4 Å². The first kappa shape index (κ1) is 18.2. The number of halogens is 1. The number of aromatic nitrogens is 1. The third kappa shape index (κ3) is 3.52. The van der Waals surface area contributed by atoms with Gasteiger partial charge in [0.2, 0.25) is 0 Å². The van der Waals surface area contributed by atoms with E-state index in [9.17, 15) is 8.42 Å². The van der Waals surface area contributed by atoms with Crippen molar-refractivity contribution in [1.29, 1.82) is 0 Å². The van der Waals surface area contributed by atoms with Crippen molar-refractivity contribution in [3.05, 3.63) is 53.2 Å². The van der Waals surface area contributed by atoms with Crippen LogP contribution in [0, 0.1) is 0 Å². The van der Waals surface area contributed by atoms with Crippen LogP contribution >= 0.6 is 11.6 Å². The maximum absolute atomic E-state index is 12.1. The van der Waals surface area contributed by atoms with E-state index in [0.29, 0.717) is 11.6 Å². The molecule has 0 aliphatic carbocycles. The molecule has 2 heterocycles. The molecule has 1 fully saturated rings. The summed E-state index contributed by atoms with van der Waals surface area (Å²) in [6, 6.07) is 10.8. The number of hydrogen-bond donors (Lipinski definition) is 0. The van der Waals surface area contributed by atoms with Crippen LogP contribution in [0.2, 0.25) is 5.02 Å². The van der Waals surface area contributed by atoms with Crippen molar-refractivity contribution in [1.82, 2.24) is 4.98 Å². The Morgan fingerprint density at radius 2 is 2.12 bits per heavy atom. The number of benzene rings is 1. The Kier molecular flexibility index (Phi) is 5.04. The summed E-state index contributed by atoms with van der Waals surface area (Å²) in [7, 11) is -1.71. The molecule has 1 aliphatic rings. The lowest BCUT2D eigenvalue weighted by molar-refractivity contribution is 0.132. The van der Waals surface area contributed by atoms with Crippen molar-refractivity contribution in [3.8, 4) is 0 Å². The van der Waals surface area contributed by atoms with Gasteiger partial charge in [0.05, 0.1) is 17.0 Å². The number of ether oxygens (including phenoxy) is 1. The summed E-state index contributed by atoms with van der Waals surface area (Å²) in [5.41, 5.74) is 0.346. The third-order valence-corrected chi connectivity index (χ3v) is 5.94. The Bertz CT molecular complexity index is 858. The van der Waals surface area contributed by atoms with Crippen LogP contribution in [0.5, 0.6) is 0 Å². The minimum atomic E-state index is -3.36. The maximum atomic E-state index is 12.1. The van der Waals surface area contributed by atoms with Gasteiger partial charge in [-0.15, -0.1) is 0 Å². The Morgan fingerprint density at radius 1 is 1.32 bits per heavy atom. The lowest BCUT2D eigenvalue weighted by Gasteiger charge is -2.39. The molecule has 3 rings (SSSR count). The van der Waals surface area contributed by atoms with Gasteiger partial charge >= 0.3 is 0 Å². The van der Waals surface area contributed by atoms with Gasteiger partial charge in [0.25, 0.3) is 0 Å². The van der Waals surface area contributed by atoms with E-state index >= 15 is 0 Å². The summed E-state index contributed by atoms with van der Waals surface area (Å²) >= 11 is 6.25. The molecule has 0 amide bonds. The second-order valence-electron chi connectivity index (χ2n) is 6.36. The van der Waals surface area contributed by atoms with Crippen molar-refractivity contribution in [3.63, 3.8) is 0 Å². The van der Waals surface area contributed by atoms with Crippen LogP contribution in [0.15, 0.2) is 47.5 Å². The van der Waals surface area contributed by atoms with Gasteiger partial charge in [-0.1, -0.05) is 17.7 Å². The SMILES string of the molecule is COC[C@@]1(c2cc(Cl)cc(S(C)(=O)=O)c2)CCCN1c1ccccn1. The van der Waals surface area contributed by atoms with Crippen molar-refractivity contribution in [2.24, 2.45) is 0 Å². The standard InChI is InChI=1S/C18H21ClN2O3S/c1-24-13-18(7-5-9-21(18)17-6-3-4-8-20-17)14-10-15(19)12-16(11-14)25(2,22)23/h3-4,6,8,10-12H,5,7,9,13H2,1-2H3/t18-/m1/s1. The lowest BCUT2D eigenvalue weighted by atomic mass is 9.87. The quantitative estimate of drug-likeness (QED) is 0.796. The van der Waals surface area contributed by atoms with E-state index in [1.54, 1.807) is 19.4 Å². The molecule has 1 aliphatic heterocycles. The summed E-state index contributed by atoms with van der Waals surface area (Å²) < 4.78 is 29.6. The second kappa shape index (κ2) is 6.94. The van der Waals surface area contributed by atoms with Gasteiger partial charge in [-0.2, -0.15) is 0 Å². The highest BCUT2D eigenvalue weighted by Crippen LogP contribution is 2.43. The number of methoxy groups -OCH3 is 1. The molecular formula is C18H21ClN2O3S. The normalized spacial score (nSPS) is 20.8. The van der Waals surface area contributed by atoms with Crippen LogP contribution in [0.25, 0.3) is 0 Å². The van der Waals surface area contributed by atoms with Crippen LogP contribution < -0.4 is 4.90 Å². The van der Waals surface area contributed by atoms with E-state index < -0.39 is 15.4 Å². The maximum Gasteiger partial charge on any atom is 0.175 e. The zero-order chi connectivity index (χ0) is 18.1. The van der Waals surface area contributed by atoms with Gasteiger partial charge in [-0.3, -0.25) is 0 Å². The number of rotatable bonds is 5. The van der Waals surface area contributed by atoms with Crippen LogP contribution in [0.1, 0.15) is 18.4 Å². The molecule has 2 aromatic rings. The molecule has 0 bridgehead atoms. The van der Waals surface area contributed by atoms with E-state index in [0.717, 1.165) is 30.8 Å². The van der Waals surface area contributed by atoms with Gasteiger partial charge in [0.1, 0.15) is 5.82 Å². The second-order valence-corrected chi connectivity index (χ2v) is 8.81. The number of pyridine rings is 1. The summed E-state index contributed by atoms with van der Waals surface area (Å²) in [5, 5.41) is 0.404. The molecule has 1 aromatic carbocycles. The largest absolute Gasteiger partial charge is 0.382 e. The molecule has 7 heteroatoms. The van der Waals surface area contributed by atoms with E-state index in [1.807, 2.05) is 24.3 Å². The number of anilines is 1. The molecule has 1 aromatic heterocycles. The van der Waals surface area contributed by atoms with Crippen LogP contribution in [0.3, 0.4) is 0 Å². The van der Waals surface area contributed by atoms with Gasteiger partial charge in [0, 0.05) is 31.1 Å². The van der Waals surface area contributed by atoms with Gasteiger partial charge < -0.3 is 9.64 Å². The molecule has 25 heavy (non-hydrogen) atoms.